The van der Waals surface area contributed by atoms with E-state index in [9.17, 15) is 9.59 Å². The third-order valence-electron chi connectivity index (χ3n) is 10.7. The van der Waals surface area contributed by atoms with E-state index in [1.54, 1.807) is 0 Å². The summed E-state index contributed by atoms with van der Waals surface area (Å²) < 4.78 is 0. The number of hydrogen-bond donors (Lipinski definition) is 4. The van der Waals surface area contributed by atoms with Crippen molar-refractivity contribution < 1.29 is 9.59 Å². The van der Waals surface area contributed by atoms with E-state index >= 15 is 0 Å². The highest BCUT2D eigenvalue weighted by atomic mass is 16.2. The smallest absolute Gasteiger partial charge is 0.234 e. The largest absolute Gasteiger partial charge is 0.350 e. The normalized spacial score (nSPS) is 15.9. The molecule has 0 bridgehead atoms. The number of carbonyl (C=O) groups is 2. The molecular formula is C48H48N4O2. The second kappa shape index (κ2) is 17.3. The van der Waals surface area contributed by atoms with Crippen molar-refractivity contribution in [3.63, 3.8) is 0 Å². The number of amides is 2. The number of rotatable bonds is 14. The Morgan fingerprint density at radius 1 is 0.389 bits per heavy atom. The topological polar surface area (TPSA) is 82.3 Å². The molecule has 0 heterocycles. The van der Waals surface area contributed by atoms with E-state index in [-0.39, 0.29) is 37.0 Å². The summed E-state index contributed by atoms with van der Waals surface area (Å²) in [6.07, 6.45) is 3.58. The highest BCUT2D eigenvalue weighted by Gasteiger charge is 2.38. The molecule has 2 amide bonds. The molecule has 4 N–H and O–H groups in total. The van der Waals surface area contributed by atoms with Gasteiger partial charge >= 0.3 is 0 Å². The summed E-state index contributed by atoms with van der Waals surface area (Å²) in [5, 5.41) is 14.0. The zero-order chi connectivity index (χ0) is 37.1. The first-order chi connectivity index (χ1) is 26.6. The van der Waals surface area contributed by atoms with E-state index in [2.05, 4.69) is 94.1 Å². The lowest BCUT2D eigenvalue weighted by atomic mass is 9.77. The number of nitrogens with one attached hydrogen (secondary N) is 4. The Morgan fingerprint density at radius 3 is 0.833 bits per heavy atom. The molecule has 1 fully saturated rings. The highest BCUT2D eigenvalue weighted by molar-refractivity contribution is 5.80. The molecule has 0 unspecified atom stereocenters. The van der Waals surface area contributed by atoms with E-state index in [0.717, 1.165) is 59.1 Å². The Labute approximate surface area is 319 Å². The zero-order valence-electron chi connectivity index (χ0n) is 30.5. The minimum Gasteiger partial charge on any atom is -0.350 e. The van der Waals surface area contributed by atoms with Crippen LogP contribution in [0.2, 0.25) is 0 Å². The van der Waals surface area contributed by atoms with Gasteiger partial charge in [0.25, 0.3) is 0 Å². The average Bonchev–Trinajstić information content (AvgIpc) is 3.24. The SMILES string of the molecule is O=C(CNC(c1ccccc1)(c1ccccc1)c1ccccc1)N[C@@H]1CCCC[C@H]1NC(=O)CNC(c1ccccc1)(c1ccccc1)c1ccccc1. The lowest BCUT2D eigenvalue weighted by Crippen LogP contribution is -2.57. The molecule has 0 aromatic heterocycles. The van der Waals surface area contributed by atoms with Crippen LogP contribution in [-0.4, -0.2) is 37.0 Å². The van der Waals surface area contributed by atoms with Gasteiger partial charge in [-0.1, -0.05) is 195 Å². The van der Waals surface area contributed by atoms with E-state index in [1.165, 1.54) is 0 Å². The molecule has 1 aliphatic carbocycles. The van der Waals surface area contributed by atoms with Gasteiger partial charge in [-0.25, -0.2) is 0 Å². The summed E-state index contributed by atoms with van der Waals surface area (Å²) in [6, 6.07) is 61.3. The van der Waals surface area contributed by atoms with E-state index in [1.807, 2.05) is 109 Å². The van der Waals surface area contributed by atoms with Gasteiger partial charge in [0.1, 0.15) is 0 Å². The fraction of sp³-hybridized carbons (Fsp3) is 0.208. The quantitative estimate of drug-likeness (QED) is 0.0874. The molecule has 1 saturated carbocycles. The second-order valence-corrected chi connectivity index (χ2v) is 14.0. The molecule has 2 atom stereocenters. The maximum atomic E-state index is 13.9. The monoisotopic (exact) mass is 712 g/mol. The summed E-state index contributed by atoms with van der Waals surface area (Å²) >= 11 is 0. The van der Waals surface area contributed by atoms with Crippen LogP contribution in [0, 0.1) is 0 Å². The predicted molar refractivity (Wildman–Crippen MR) is 217 cm³/mol. The number of carbonyl (C=O) groups excluding carboxylic acids is 2. The van der Waals surface area contributed by atoms with Gasteiger partial charge in [-0.15, -0.1) is 0 Å². The highest BCUT2D eigenvalue weighted by Crippen LogP contribution is 2.38. The standard InChI is InChI=1S/C48H48N4O2/c53-45(35-49-47(37-21-7-1-8-22-37,38-23-9-2-10-24-38)39-25-11-3-12-26-39)51-43-33-19-20-34-44(43)52-46(54)36-50-48(40-27-13-4-14-28-40,41-29-15-5-16-30-41)42-31-17-6-18-32-42/h1-18,21-32,43-44,49-50H,19-20,33-36H2,(H,51,53)(H,52,54)/t43-,44-/m1/s1. The first kappa shape index (κ1) is 36.5. The van der Waals surface area contributed by atoms with Crippen LogP contribution < -0.4 is 21.3 Å². The minimum atomic E-state index is -0.754. The summed E-state index contributed by atoms with van der Waals surface area (Å²) in [7, 11) is 0. The third kappa shape index (κ3) is 7.91. The van der Waals surface area contributed by atoms with Crippen molar-refractivity contribution in [1.82, 2.24) is 21.3 Å². The van der Waals surface area contributed by atoms with Crippen LogP contribution >= 0.6 is 0 Å². The molecule has 6 aromatic rings. The van der Waals surface area contributed by atoms with Crippen LogP contribution in [0.25, 0.3) is 0 Å². The zero-order valence-corrected chi connectivity index (χ0v) is 30.5. The van der Waals surface area contributed by atoms with E-state index in [4.69, 9.17) is 0 Å². The Hall–Kier alpha value is -5.82. The first-order valence-corrected chi connectivity index (χ1v) is 19.0. The summed E-state index contributed by atoms with van der Waals surface area (Å²) in [5.41, 5.74) is 4.76. The molecule has 0 aliphatic heterocycles. The molecule has 6 aromatic carbocycles. The third-order valence-corrected chi connectivity index (χ3v) is 10.7. The summed E-state index contributed by atoms with van der Waals surface area (Å²) in [6.45, 7) is 0.177. The average molecular weight is 713 g/mol. The Balaban J connectivity index is 1.08. The fourth-order valence-corrected chi connectivity index (χ4v) is 8.16. The lowest BCUT2D eigenvalue weighted by molar-refractivity contribution is -0.124. The fourth-order valence-electron chi connectivity index (χ4n) is 8.16. The Kier molecular flexibility index (Phi) is 11.7. The molecule has 54 heavy (non-hydrogen) atoms. The van der Waals surface area contributed by atoms with E-state index in [0.29, 0.717) is 0 Å². The number of benzene rings is 6. The van der Waals surface area contributed by atoms with Crippen molar-refractivity contribution in [2.24, 2.45) is 0 Å². The molecular weight excluding hydrogens is 665 g/mol. The van der Waals surface area contributed by atoms with Crippen molar-refractivity contribution in [2.75, 3.05) is 13.1 Å². The molecule has 0 spiro atoms. The maximum Gasteiger partial charge on any atom is 0.234 e. The molecule has 7 rings (SSSR count). The number of hydrogen-bond acceptors (Lipinski definition) is 4. The van der Waals surface area contributed by atoms with Crippen LogP contribution in [0.3, 0.4) is 0 Å². The van der Waals surface area contributed by atoms with Gasteiger partial charge in [-0.3, -0.25) is 20.2 Å². The van der Waals surface area contributed by atoms with Gasteiger partial charge in [-0.2, -0.15) is 0 Å². The maximum absolute atomic E-state index is 13.9. The van der Waals surface area contributed by atoms with Gasteiger partial charge < -0.3 is 10.6 Å². The van der Waals surface area contributed by atoms with Crippen molar-refractivity contribution >= 4 is 11.8 Å². The van der Waals surface area contributed by atoms with Gasteiger partial charge in [0.05, 0.1) is 24.2 Å². The van der Waals surface area contributed by atoms with Crippen molar-refractivity contribution in [3.05, 3.63) is 215 Å². The second-order valence-electron chi connectivity index (χ2n) is 14.0. The van der Waals surface area contributed by atoms with Gasteiger partial charge in [-0.05, 0) is 46.2 Å². The summed E-state index contributed by atoms with van der Waals surface area (Å²) in [5.74, 6) is -0.217. The van der Waals surface area contributed by atoms with Crippen LogP contribution in [0.15, 0.2) is 182 Å². The molecule has 6 nitrogen and oxygen atoms in total. The van der Waals surface area contributed by atoms with Crippen LogP contribution in [-0.2, 0) is 20.7 Å². The molecule has 0 radical (unpaired) electrons. The van der Waals surface area contributed by atoms with Crippen molar-refractivity contribution in [3.8, 4) is 0 Å². The van der Waals surface area contributed by atoms with Gasteiger partial charge in [0, 0.05) is 12.1 Å². The molecule has 0 saturated heterocycles. The lowest BCUT2D eigenvalue weighted by Gasteiger charge is -2.38. The van der Waals surface area contributed by atoms with Crippen LogP contribution in [0.5, 0.6) is 0 Å². The Bertz CT molecular complexity index is 1720. The Morgan fingerprint density at radius 2 is 0.611 bits per heavy atom. The van der Waals surface area contributed by atoms with E-state index < -0.39 is 11.1 Å². The molecule has 6 heteroatoms. The summed E-state index contributed by atoms with van der Waals surface area (Å²) in [4.78, 5) is 27.8. The van der Waals surface area contributed by atoms with Crippen molar-refractivity contribution in [2.45, 2.75) is 48.8 Å². The van der Waals surface area contributed by atoms with Crippen LogP contribution in [0.4, 0.5) is 0 Å². The van der Waals surface area contributed by atoms with Gasteiger partial charge in [0.2, 0.25) is 11.8 Å². The van der Waals surface area contributed by atoms with Crippen molar-refractivity contribution in [1.29, 1.82) is 0 Å². The predicted octanol–water partition coefficient (Wildman–Crippen LogP) is 7.69. The van der Waals surface area contributed by atoms with Gasteiger partial charge in [0.15, 0.2) is 0 Å². The first-order valence-electron chi connectivity index (χ1n) is 19.0. The molecule has 1 aliphatic rings. The van der Waals surface area contributed by atoms with Crippen LogP contribution in [0.1, 0.15) is 59.1 Å². The minimum absolute atomic E-state index is 0.0884. The molecule has 272 valence electrons.